The van der Waals surface area contributed by atoms with Crippen molar-refractivity contribution in [3.8, 4) is 11.5 Å². The molecule has 1 aromatic heterocycles. The minimum absolute atomic E-state index is 0.0926. The number of carbonyl (C=O) groups is 1. The molecule has 0 aliphatic carbocycles. The van der Waals surface area contributed by atoms with Crippen molar-refractivity contribution in [1.82, 2.24) is 4.57 Å². The van der Waals surface area contributed by atoms with Crippen molar-refractivity contribution in [2.24, 2.45) is 7.05 Å². The van der Waals surface area contributed by atoms with Crippen LogP contribution in [0.1, 0.15) is 27.0 Å². The van der Waals surface area contributed by atoms with E-state index in [2.05, 4.69) is 16.7 Å². The van der Waals surface area contributed by atoms with Crippen LogP contribution in [0, 0.1) is 6.92 Å². The number of aryl methyl sites for hydroxylation is 2. The Hall–Kier alpha value is -3.79. The van der Waals surface area contributed by atoms with Crippen LogP contribution < -0.4 is 9.47 Å². The van der Waals surface area contributed by atoms with Gasteiger partial charge in [-0.15, -0.1) is 0 Å². The standard InChI is InChI=1S/C26H21NO3/c1-17-12-20(29-16-18-8-4-3-5-9-18)14-23-25(17)26(28)24(30-23)13-19-15-27(2)22-11-7-6-10-21(19)22/h3-15H,16H2,1-2H3/b24-13-. The molecule has 4 nitrogen and oxygen atoms in total. The average Bonchev–Trinajstić information content (AvgIpc) is 3.24. The van der Waals surface area contributed by atoms with Crippen molar-refractivity contribution >= 4 is 22.8 Å². The molecule has 0 spiro atoms. The fourth-order valence-corrected chi connectivity index (χ4v) is 3.93. The second-order valence-corrected chi connectivity index (χ2v) is 7.54. The van der Waals surface area contributed by atoms with Crippen LogP contribution in [0.25, 0.3) is 17.0 Å². The average molecular weight is 395 g/mol. The lowest BCUT2D eigenvalue weighted by Gasteiger charge is -2.09. The first kappa shape index (κ1) is 18.3. The first-order valence-corrected chi connectivity index (χ1v) is 9.90. The van der Waals surface area contributed by atoms with Crippen LogP contribution >= 0.6 is 0 Å². The topological polar surface area (TPSA) is 40.5 Å². The molecule has 4 heteroatoms. The van der Waals surface area contributed by atoms with Crippen LogP contribution in [0.5, 0.6) is 11.5 Å². The molecule has 3 aromatic carbocycles. The van der Waals surface area contributed by atoms with Crippen LogP contribution in [-0.2, 0) is 13.7 Å². The molecule has 1 aliphatic heterocycles. The van der Waals surface area contributed by atoms with Crippen LogP contribution in [-0.4, -0.2) is 10.4 Å². The zero-order valence-corrected chi connectivity index (χ0v) is 16.9. The molecule has 5 rings (SSSR count). The second-order valence-electron chi connectivity index (χ2n) is 7.54. The van der Waals surface area contributed by atoms with Gasteiger partial charge in [-0.1, -0.05) is 48.5 Å². The Morgan fingerprint density at radius 3 is 2.63 bits per heavy atom. The van der Waals surface area contributed by atoms with E-state index in [1.54, 1.807) is 6.07 Å². The highest BCUT2D eigenvalue weighted by Crippen LogP contribution is 2.38. The highest BCUT2D eigenvalue weighted by molar-refractivity contribution is 6.16. The Bertz CT molecular complexity index is 1300. The lowest BCUT2D eigenvalue weighted by molar-refractivity contribution is 0.101. The summed E-state index contributed by atoms with van der Waals surface area (Å²) in [5.41, 5.74) is 4.61. The molecule has 148 valence electrons. The number of nitrogens with zero attached hydrogens (tertiary/aromatic N) is 1. The van der Waals surface area contributed by atoms with E-state index in [-0.39, 0.29) is 5.78 Å². The molecule has 0 unspecified atom stereocenters. The molecule has 0 saturated heterocycles. The lowest BCUT2D eigenvalue weighted by Crippen LogP contribution is -2.00. The fraction of sp³-hybridized carbons (Fsp3) is 0.115. The Kier molecular flexibility index (Phi) is 4.40. The Morgan fingerprint density at radius 2 is 1.80 bits per heavy atom. The molecule has 0 N–H and O–H groups in total. The van der Waals surface area contributed by atoms with Gasteiger partial charge in [-0.2, -0.15) is 0 Å². The summed E-state index contributed by atoms with van der Waals surface area (Å²) in [6.07, 6.45) is 3.84. The van der Waals surface area contributed by atoms with Gasteiger partial charge in [-0.05, 0) is 36.3 Å². The molecule has 0 fully saturated rings. The first-order valence-electron chi connectivity index (χ1n) is 9.90. The molecular weight excluding hydrogens is 374 g/mol. The number of carbonyl (C=O) groups excluding carboxylic acids is 1. The number of benzene rings is 3. The number of hydrogen-bond acceptors (Lipinski definition) is 3. The summed E-state index contributed by atoms with van der Waals surface area (Å²) in [5, 5.41) is 1.09. The quantitative estimate of drug-likeness (QED) is 0.417. The number of ketones is 1. The van der Waals surface area contributed by atoms with Crippen LogP contribution in [0.3, 0.4) is 0 Å². The van der Waals surface area contributed by atoms with Gasteiger partial charge in [-0.3, -0.25) is 4.79 Å². The third-order valence-electron chi connectivity index (χ3n) is 5.41. The predicted octanol–water partition coefficient (Wildman–Crippen LogP) is 5.68. The van der Waals surface area contributed by atoms with Crippen molar-refractivity contribution in [2.75, 3.05) is 0 Å². The highest BCUT2D eigenvalue weighted by atomic mass is 16.5. The number of Topliss-reactive ketones (excluding diaryl/α,β-unsaturated/α-hetero) is 1. The van der Waals surface area contributed by atoms with E-state index in [4.69, 9.17) is 9.47 Å². The summed E-state index contributed by atoms with van der Waals surface area (Å²) < 4.78 is 14.0. The van der Waals surface area contributed by atoms with E-state index in [0.717, 1.165) is 27.6 Å². The third-order valence-corrected chi connectivity index (χ3v) is 5.41. The Balaban J connectivity index is 1.45. The fourth-order valence-electron chi connectivity index (χ4n) is 3.93. The van der Waals surface area contributed by atoms with Crippen molar-refractivity contribution in [1.29, 1.82) is 0 Å². The van der Waals surface area contributed by atoms with Gasteiger partial charge in [0.1, 0.15) is 18.1 Å². The van der Waals surface area contributed by atoms with E-state index in [1.807, 2.05) is 74.8 Å². The highest BCUT2D eigenvalue weighted by Gasteiger charge is 2.30. The summed E-state index contributed by atoms with van der Waals surface area (Å²) in [7, 11) is 2.00. The minimum atomic E-state index is -0.0926. The normalized spacial score (nSPS) is 14.2. The first-order chi connectivity index (χ1) is 14.6. The number of hydrogen-bond donors (Lipinski definition) is 0. The number of rotatable bonds is 4. The zero-order chi connectivity index (χ0) is 20.7. The molecule has 0 radical (unpaired) electrons. The number of ether oxygens (including phenoxy) is 2. The maximum atomic E-state index is 13.0. The molecule has 2 heterocycles. The van der Waals surface area contributed by atoms with Crippen LogP contribution in [0.15, 0.2) is 78.7 Å². The van der Waals surface area contributed by atoms with Crippen molar-refractivity contribution in [3.05, 3.63) is 101 Å². The van der Waals surface area contributed by atoms with Gasteiger partial charge < -0.3 is 14.0 Å². The summed E-state index contributed by atoms with van der Waals surface area (Å²) in [6, 6.07) is 21.8. The van der Waals surface area contributed by atoms with E-state index >= 15 is 0 Å². The molecule has 1 aliphatic rings. The molecule has 0 amide bonds. The molecule has 4 aromatic rings. The van der Waals surface area contributed by atoms with Crippen LogP contribution in [0.4, 0.5) is 0 Å². The van der Waals surface area contributed by atoms with Crippen LogP contribution in [0.2, 0.25) is 0 Å². The summed E-state index contributed by atoms with van der Waals surface area (Å²) in [5.74, 6) is 1.48. The number of para-hydroxylation sites is 1. The lowest BCUT2D eigenvalue weighted by atomic mass is 10.0. The van der Waals surface area contributed by atoms with Gasteiger partial charge in [0.15, 0.2) is 5.76 Å². The summed E-state index contributed by atoms with van der Waals surface area (Å²) >= 11 is 0. The van der Waals surface area contributed by atoms with Crippen molar-refractivity contribution < 1.29 is 14.3 Å². The number of fused-ring (bicyclic) bond motifs is 2. The van der Waals surface area contributed by atoms with Crippen molar-refractivity contribution in [2.45, 2.75) is 13.5 Å². The summed E-state index contributed by atoms with van der Waals surface area (Å²) in [6.45, 7) is 2.38. The second kappa shape index (κ2) is 7.23. The van der Waals surface area contributed by atoms with Gasteiger partial charge in [0.05, 0.1) is 5.56 Å². The van der Waals surface area contributed by atoms with Gasteiger partial charge in [-0.25, -0.2) is 0 Å². The summed E-state index contributed by atoms with van der Waals surface area (Å²) in [4.78, 5) is 13.0. The van der Waals surface area contributed by atoms with E-state index < -0.39 is 0 Å². The maximum Gasteiger partial charge on any atom is 0.232 e. The van der Waals surface area contributed by atoms with Gasteiger partial charge >= 0.3 is 0 Å². The number of aromatic nitrogens is 1. The van der Waals surface area contributed by atoms with E-state index in [0.29, 0.717) is 29.4 Å². The van der Waals surface area contributed by atoms with Gasteiger partial charge in [0.25, 0.3) is 0 Å². The zero-order valence-electron chi connectivity index (χ0n) is 16.9. The van der Waals surface area contributed by atoms with E-state index in [9.17, 15) is 4.79 Å². The Labute approximate surface area is 175 Å². The van der Waals surface area contributed by atoms with Gasteiger partial charge in [0.2, 0.25) is 5.78 Å². The smallest absolute Gasteiger partial charge is 0.232 e. The largest absolute Gasteiger partial charge is 0.489 e. The molecule has 0 bridgehead atoms. The molecule has 30 heavy (non-hydrogen) atoms. The maximum absolute atomic E-state index is 13.0. The van der Waals surface area contributed by atoms with Crippen molar-refractivity contribution in [3.63, 3.8) is 0 Å². The molecule has 0 saturated carbocycles. The SMILES string of the molecule is Cc1cc(OCc2ccccc2)cc2c1C(=O)/C(=C/c1cn(C)c3ccccc13)O2. The van der Waals surface area contributed by atoms with E-state index in [1.165, 1.54) is 0 Å². The molecular formula is C26H21NO3. The Morgan fingerprint density at radius 1 is 1.03 bits per heavy atom. The number of allylic oxidation sites excluding steroid dienone is 1. The minimum Gasteiger partial charge on any atom is -0.489 e. The third kappa shape index (κ3) is 3.16. The van der Waals surface area contributed by atoms with Gasteiger partial charge in [0, 0.05) is 35.8 Å². The molecule has 0 atom stereocenters. The monoisotopic (exact) mass is 395 g/mol. The predicted molar refractivity (Wildman–Crippen MR) is 118 cm³/mol.